The smallest absolute Gasteiger partial charge is 0.335 e. The third-order valence-corrected chi connectivity index (χ3v) is 6.70. The fourth-order valence-electron chi connectivity index (χ4n) is 3.59. The molecule has 0 radical (unpaired) electrons. The molecule has 0 bridgehead atoms. The van der Waals surface area contributed by atoms with Crippen LogP contribution in [0.2, 0.25) is 0 Å². The number of rotatable bonds is 5. The molecule has 8 heteroatoms. The summed E-state index contributed by atoms with van der Waals surface area (Å²) in [6, 6.07) is 17.6. The van der Waals surface area contributed by atoms with E-state index in [1.54, 1.807) is 24.3 Å². The number of nitrogens with zero attached hydrogens (tertiary/aromatic N) is 1. The van der Waals surface area contributed by atoms with Gasteiger partial charge in [0.25, 0.3) is 11.8 Å². The number of aryl methyl sites for hydroxylation is 2. The molecule has 3 aromatic rings. The number of nitrogens with one attached hydrogen (secondary N) is 1. The van der Waals surface area contributed by atoms with E-state index in [0.717, 1.165) is 26.1 Å². The first-order valence-corrected chi connectivity index (χ1v) is 12.0. The van der Waals surface area contributed by atoms with Gasteiger partial charge in [0.15, 0.2) is 0 Å². The maximum Gasteiger partial charge on any atom is 0.335 e. The summed E-state index contributed by atoms with van der Waals surface area (Å²) in [6.07, 6.45) is 1.46. The summed E-state index contributed by atoms with van der Waals surface area (Å²) in [5, 5.41) is 2.26. The van der Waals surface area contributed by atoms with E-state index < -0.39 is 17.8 Å². The van der Waals surface area contributed by atoms with E-state index in [0.29, 0.717) is 28.1 Å². The molecule has 4 rings (SSSR count). The van der Waals surface area contributed by atoms with Crippen molar-refractivity contribution in [2.45, 2.75) is 20.5 Å². The second-order valence-electron chi connectivity index (χ2n) is 7.82. The number of hydrogen-bond acceptors (Lipinski definition) is 4. The molecule has 0 saturated carbocycles. The highest BCUT2D eigenvalue weighted by Crippen LogP contribution is 2.30. The molecule has 1 fully saturated rings. The molecular weight excluding hydrogens is 564 g/mol. The van der Waals surface area contributed by atoms with E-state index in [2.05, 4.69) is 37.2 Å². The molecule has 1 saturated heterocycles. The molecule has 1 heterocycles. The lowest BCUT2D eigenvalue weighted by atomic mass is 10.0. The van der Waals surface area contributed by atoms with Crippen LogP contribution in [0.15, 0.2) is 75.2 Å². The van der Waals surface area contributed by atoms with Gasteiger partial charge in [-0.3, -0.25) is 14.9 Å². The van der Waals surface area contributed by atoms with Crippen LogP contribution in [0.25, 0.3) is 6.08 Å². The fraction of sp³-hybridized carbons (Fsp3) is 0.115. The van der Waals surface area contributed by atoms with Gasteiger partial charge in [0.2, 0.25) is 0 Å². The Kier molecular flexibility index (Phi) is 7.00. The predicted molar refractivity (Wildman–Crippen MR) is 138 cm³/mol. The van der Waals surface area contributed by atoms with Crippen molar-refractivity contribution in [1.82, 2.24) is 5.32 Å². The van der Waals surface area contributed by atoms with E-state index in [-0.39, 0.29) is 5.57 Å². The van der Waals surface area contributed by atoms with Crippen LogP contribution in [0.4, 0.5) is 10.5 Å². The van der Waals surface area contributed by atoms with Gasteiger partial charge in [-0.05, 0) is 71.2 Å². The summed E-state index contributed by atoms with van der Waals surface area (Å²) < 4.78 is 7.53. The molecule has 1 aliphatic rings. The minimum absolute atomic E-state index is 0.131. The molecule has 0 atom stereocenters. The quantitative estimate of drug-likeness (QED) is 0.292. The molecule has 0 aliphatic carbocycles. The molecule has 34 heavy (non-hydrogen) atoms. The Hall–Kier alpha value is -3.23. The van der Waals surface area contributed by atoms with Crippen LogP contribution in [0.3, 0.4) is 0 Å². The number of carbonyl (C=O) groups is 3. The number of amides is 4. The van der Waals surface area contributed by atoms with Gasteiger partial charge in [0, 0.05) is 10.0 Å². The predicted octanol–water partition coefficient (Wildman–Crippen LogP) is 6.07. The Labute approximate surface area is 213 Å². The van der Waals surface area contributed by atoms with E-state index in [1.165, 1.54) is 6.08 Å². The van der Waals surface area contributed by atoms with Gasteiger partial charge < -0.3 is 4.74 Å². The zero-order chi connectivity index (χ0) is 24.4. The van der Waals surface area contributed by atoms with Crippen molar-refractivity contribution in [3.8, 4) is 5.75 Å². The number of ether oxygens (including phenoxy) is 1. The van der Waals surface area contributed by atoms with Gasteiger partial charge in [-0.25, -0.2) is 9.69 Å². The lowest BCUT2D eigenvalue weighted by molar-refractivity contribution is -0.122. The Morgan fingerprint density at radius 3 is 2.41 bits per heavy atom. The Morgan fingerprint density at radius 1 is 0.941 bits per heavy atom. The molecule has 3 aromatic carbocycles. The zero-order valence-electron chi connectivity index (χ0n) is 18.4. The highest BCUT2D eigenvalue weighted by atomic mass is 79.9. The van der Waals surface area contributed by atoms with Crippen molar-refractivity contribution in [1.29, 1.82) is 0 Å². The lowest BCUT2D eigenvalue weighted by Gasteiger charge is -2.27. The first-order valence-electron chi connectivity index (χ1n) is 10.4. The Bertz CT molecular complexity index is 1350. The largest absolute Gasteiger partial charge is 0.488 e. The SMILES string of the molecule is Cc1ccc(N2C(=O)NC(=O)/C(=C\c3ccc(OCc4ccccc4Br)c(Br)c3)C2=O)c(C)c1. The van der Waals surface area contributed by atoms with E-state index in [4.69, 9.17) is 4.74 Å². The van der Waals surface area contributed by atoms with Crippen molar-refractivity contribution >= 4 is 61.5 Å². The average Bonchev–Trinajstić information content (AvgIpc) is 2.78. The molecule has 1 aliphatic heterocycles. The number of anilines is 1. The molecule has 0 spiro atoms. The Balaban J connectivity index is 1.59. The number of hydrogen-bond donors (Lipinski definition) is 1. The monoisotopic (exact) mass is 582 g/mol. The molecule has 172 valence electrons. The number of halogens is 2. The van der Waals surface area contributed by atoms with Crippen LogP contribution >= 0.6 is 31.9 Å². The third-order valence-electron chi connectivity index (χ3n) is 5.30. The Morgan fingerprint density at radius 2 is 1.71 bits per heavy atom. The van der Waals surface area contributed by atoms with Crippen LogP contribution in [-0.2, 0) is 16.2 Å². The van der Waals surface area contributed by atoms with E-state index in [1.807, 2.05) is 50.2 Å². The molecule has 4 amide bonds. The summed E-state index contributed by atoms with van der Waals surface area (Å²) in [7, 11) is 0. The van der Waals surface area contributed by atoms with Crippen LogP contribution < -0.4 is 15.0 Å². The summed E-state index contributed by atoms with van der Waals surface area (Å²) in [5.41, 5.74) is 3.67. The second-order valence-corrected chi connectivity index (χ2v) is 9.53. The van der Waals surface area contributed by atoms with Crippen LogP contribution in [0.1, 0.15) is 22.3 Å². The van der Waals surface area contributed by atoms with E-state index >= 15 is 0 Å². The highest BCUT2D eigenvalue weighted by molar-refractivity contribution is 9.10. The van der Waals surface area contributed by atoms with Crippen molar-refractivity contribution in [3.63, 3.8) is 0 Å². The van der Waals surface area contributed by atoms with E-state index in [9.17, 15) is 14.4 Å². The molecule has 0 unspecified atom stereocenters. The van der Waals surface area contributed by atoms with Gasteiger partial charge >= 0.3 is 6.03 Å². The first kappa shape index (κ1) is 23.9. The normalized spacial score (nSPS) is 15.0. The van der Waals surface area contributed by atoms with Gasteiger partial charge in [-0.1, -0.05) is 57.9 Å². The molecule has 1 N–H and O–H groups in total. The maximum absolute atomic E-state index is 13.2. The number of barbiturate groups is 1. The van der Waals surface area contributed by atoms with Gasteiger partial charge in [0.1, 0.15) is 17.9 Å². The highest BCUT2D eigenvalue weighted by Gasteiger charge is 2.37. The first-order chi connectivity index (χ1) is 16.2. The summed E-state index contributed by atoms with van der Waals surface area (Å²) in [4.78, 5) is 39.1. The van der Waals surface area contributed by atoms with Gasteiger partial charge in [-0.15, -0.1) is 0 Å². The second kappa shape index (κ2) is 9.95. The summed E-state index contributed by atoms with van der Waals surface area (Å²) >= 11 is 7.00. The van der Waals surface area contributed by atoms with Crippen molar-refractivity contribution < 1.29 is 19.1 Å². The van der Waals surface area contributed by atoms with Gasteiger partial charge in [-0.2, -0.15) is 0 Å². The number of benzene rings is 3. The fourth-order valence-corrected chi connectivity index (χ4v) is 4.50. The summed E-state index contributed by atoms with van der Waals surface area (Å²) in [6.45, 7) is 4.11. The van der Waals surface area contributed by atoms with Gasteiger partial charge in [0.05, 0.1) is 10.2 Å². The number of urea groups is 1. The van der Waals surface area contributed by atoms with Crippen molar-refractivity contribution in [2.75, 3.05) is 4.90 Å². The number of imide groups is 2. The molecule has 6 nitrogen and oxygen atoms in total. The zero-order valence-corrected chi connectivity index (χ0v) is 21.6. The molecular formula is C26H20Br2N2O4. The maximum atomic E-state index is 13.2. The van der Waals surface area contributed by atoms with Crippen molar-refractivity contribution in [2.24, 2.45) is 0 Å². The molecule has 0 aromatic heterocycles. The number of carbonyl (C=O) groups excluding carboxylic acids is 3. The van der Waals surface area contributed by atoms with Crippen molar-refractivity contribution in [3.05, 3.63) is 97.4 Å². The standard InChI is InChI=1S/C26H20Br2N2O4/c1-15-7-9-22(16(2)11-15)30-25(32)19(24(31)29-26(30)33)12-17-8-10-23(21(28)13-17)34-14-18-5-3-4-6-20(18)27/h3-13H,14H2,1-2H3,(H,29,31,33)/b19-12+. The third kappa shape index (κ3) is 4.98. The lowest BCUT2D eigenvalue weighted by Crippen LogP contribution is -2.54. The minimum atomic E-state index is -0.767. The topological polar surface area (TPSA) is 75.7 Å². The van der Waals surface area contributed by atoms with Crippen LogP contribution in [0.5, 0.6) is 5.75 Å². The summed E-state index contributed by atoms with van der Waals surface area (Å²) in [5.74, 6) is -0.795. The minimum Gasteiger partial charge on any atom is -0.488 e. The average molecular weight is 584 g/mol. The van der Waals surface area contributed by atoms with Crippen LogP contribution in [0, 0.1) is 13.8 Å². The van der Waals surface area contributed by atoms with Crippen LogP contribution in [-0.4, -0.2) is 17.8 Å².